The zero-order valence-corrected chi connectivity index (χ0v) is 19.9. The topological polar surface area (TPSA) is 102 Å². The number of pyridine rings is 1. The molecule has 1 aliphatic rings. The number of esters is 1. The van der Waals surface area contributed by atoms with Crippen LogP contribution >= 0.6 is 0 Å². The standard InChI is InChI=1S/C26H28N4O5/c1-26(2,3)35-23(31)17-34-20-11-9-19(10-12-20)27-22-14-13-21-24(29-22)30(15-16-33-21)25(32)28-18-7-5-4-6-8-18/h4-14H,15-17H2,1-3H3,(H,27,29)(H,28,32). The fourth-order valence-corrected chi connectivity index (χ4v) is 3.37. The quantitative estimate of drug-likeness (QED) is 0.484. The van der Waals surface area contributed by atoms with E-state index in [1.165, 1.54) is 0 Å². The smallest absolute Gasteiger partial charge is 0.344 e. The summed E-state index contributed by atoms with van der Waals surface area (Å²) >= 11 is 0. The van der Waals surface area contributed by atoms with Crippen LogP contribution in [-0.4, -0.2) is 42.3 Å². The Hall–Kier alpha value is -4.27. The number of benzene rings is 2. The molecule has 9 heteroatoms. The van der Waals surface area contributed by atoms with Crippen LogP contribution in [0.1, 0.15) is 20.8 Å². The van der Waals surface area contributed by atoms with Gasteiger partial charge in [-0.15, -0.1) is 0 Å². The van der Waals surface area contributed by atoms with E-state index in [1.807, 2.05) is 42.5 Å². The molecule has 0 radical (unpaired) electrons. The average molecular weight is 477 g/mol. The zero-order chi connectivity index (χ0) is 24.8. The second kappa shape index (κ2) is 10.3. The van der Waals surface area contributed by atoms with Gasteiger partial charge >= 0.3 is 12.0 Å². The first-order valence-corrected chi connectivity index (χ1v) is 11.3. The van der Waals surface area contributed by atoms with Gasteiger partial charge in [0, 0.05) is 11.4 Å². The number of carbonyl (C=O) groups is 2. The number of ether oxygens (including phenoxy) is 3. The average Bonchev–Trinajstić information content (AvgIpc) is 2.83. The molecule has 182 valence electrons. The number of anilines is 4. The summed E-state index contributed by atoms with van der Waals surface area (Å²) in [6, 6.07) is 19.6. The molecule has 3 aromatic rings. The first-order valence-electron chi connectivity index (χ1n) is 11.3. The van der Waals surface area contributed by atoms with Crippen molar-refractivity contribution in [3.05, 3.63) is 66.7 Å². The van der Waals surface area contributed by atoms with Gasteiger partial charge in [-0.1, -0.05) is 18.2 Å². The summed E-state index contributed by atoms with van der Waals surface area (Å²) in [6.07, 6.45) is 0. The van der Waals surface area contributed by atoms with E-state index in [0.717, 1.165) is 5.69 Å². The SMILES string of the molecule is CC(C)(C)OC(=O)COc1ccc(Nc2ccc3c(n2)N(C(=O)Nc2ccccc2)CCO3)cc1. The van der Waals surface area contributed by atoms with Crippen LogP contribution in [0.5, 0.6) is 11.5 Å². The highest BCUT2D eigenvalue weighted by molar-refractivity contribution is 6.02. The van der Waals surface area contributed by atoms with Gasteiger partial charge in [0.25, 0.3) is 0 Å². The monoisotopic (exact) mass is 476 g/mol. The third-order valence-electron chi connectivity index (χ3n) is 4.84. The van der Waals surface area contributed by atoms with Crippen LogP contribution in [0.3, 0.4) is 0 Å². The van der Waals surface area contributed by atoms with E-state index in [4.69, 9.17) is 14.2 Å². The number of para-hydroxylation sites is 1. The lowest BCUT2D eigenvalue weighted by Gasteiger charge is -2.28. The van der Waals surface area contributed by atoms with Crippen molar-refractivity contribution < 1.29 is 23.8 Å². The maximum absolute atomic E-state index is 12.9. The summed E-state index contributed by atoms with van der Waals surface area (Å²) in [4.78, 5) is 30.9. The van der Waals surface area contributed by atoms with E-state index >= 15 is 0 Å². The molecule has 0 unspecified atom stereocenters. The lowest BCUT2D eigenvalue weighted by molar-refractivity contribution is -0.157. The Morgan fingerprint density at radius 3 is 2.46 bits per heavy atom. The molecule has 0 fully saturated rings. The van der Waals surface area contributed by atoms with Gasteiger partial charge < -0.3 is 24.8 Å². The summed E-state index contributed by atoms with van der Waals surface area (Å²) in [6.45, 7) is 6.01. The van der Waals surface area contributed by atoms with Crippen molar-refractivity contribution in [1.82, 2.24) is 4.98 Å². The summed E-state index contributed by atoms with van der Waals surface area (Å²) in [7, 11) is 0. The fourth-order valence-electron chi connectivity index (χ4n) is 3.37. The number of aromatic nitrogens is 1. The normalized spacial score (nSPS) is 12.7. The fraction of sp³-hybridized carbons (Fsp3) is 0.269. The molecule has 35 heavy (non-hydrogen) atoms. The summed E-state index contributed by atoms with van der Waals surface area (Å²) in [5.74, 6) is 1.63. The van der Waals surface area contributed by atoms with Crippen LogP contribution in [0.25, 0.3) is 0 Å². The van der Waals surface area contributed by atoms with Crippen LogP contribution in [0.2, 0.25) is 0 Å². The van der Waals surface area contributed by atoms with E-state index in [9.17, 15) is 9.59 Å². The molecule has 0 atom stereocenters. The molecule has 1 aliphatic heterocycles. The Balaban J connectivity index is 1.40. The predicted octanol–water partition coefficient (Wildman–Crippen LogP) is 4.98. The second-order valence-corrected chi connectivity index (χ2v) is 8.84. The van der Waals surface area contributed by atoms with Gasteiger partial charge in [-0.05, 0) is 69.3 Å². The molecule has 4 rings (SSSR count). The summed E-state index contributed by atoms with van der Waals surface area (Å²) in [5.41, 5.74) is 0.909. The molecule has 9 nitrogen and oxygen atoms in total. The Bertz CT molecular complexity index is 1180. The number of nitrogens with zero attached hydrogens (tertiary/aromatic N) is 2. The highest BCUT2D eigenvalue weighted by atomic mass is 16.6. The van der Waals surface area contributed by atoms with Gasteiger partial charge in [-0.3, -0.25) is 4.90 Å². The molecular formula is C26H28N4O5. The highest BCUT2D eigenvalue weighted by Gasteiger charge is 2.26. The van der Waals surface area contributed by atoms with Crippen LogP contribution in [-0.2, 0) is 9.53 Å². The van der Waals surface area contributed by atoms with Crippen molar-refractivity contribution in [3.63, 3.8) is 0 Å². The van der Waals surface area contributed by atoms with E-state index in [-0.39, 0.29) is 12.6 Å². The minimum atomic E-state index is -0.557. The highest BCUT2D eigenvalue weighted by Crippen LogP contribution is 2.32. The van der Waals surface area contributed by atoms with Gasteiger partial charge in [-0.25, -0.2) is 14.6 Å². The van der Waals surface area contributed by atoms with Crippen LogP contribution in [0.15, 0.2) is 66.7 Å². The van der Waals surface area contributed by atoms with Crippen LogP contribution in [0, 0.1) is 0 Å². The lowest BCUT2D eigenvalue weighted by atomic mass is 10.2. The Labute approximate surface area is 204 Å². The van der Waals surface area contributed by atoms with Gasteiger partial charge in [0.1, 0.15) is 23.8 Å². The minimum Gasteiger partial charge on any atom is -0.488 e. The number of nitrogens with one attached hydrogen (secondary N) is 2. The van der Waals surface area contributed by atoms with Crippen LogP contribution in [0.4, 0.5) is 27.8 Å². The first kappa shape index (κ1) is 23.9. The van der Waals surface area contributed by atoms with Gasteiger partial charge in [0.15, 0.2) is 18.2 Å². The Kier molecular flexibility index (Phi) is 7.05. The molecule has 2 amide bonds. The molecule has 0 saturated heterocycles. The second-order valence-electron chi connectivity index (χ2n) is 8.84. The van der Waals surface area contributed by atoms with Crippen molar-refractivity contribution in [3.8, 4) is 11.5 Å². The molecule has 0 saturated carbocycles. The van der Waals surface area contributed by atoms with E-state index in [2.05, 4.69) is 15.6 Å². The number of hydrogen-bond donors (Lipinski definition) is 2. The number of amides is 2. The minimum absolute atomic E-state index is 0.169. The van der Waals surface area contributed by atoms with Crippen molar-refractivity contribution in [1.29, 1.82) is 0 Å². The molecular weight excluding hydrogens is 448 g/mol. The Morgan fingerprint density at radius 1 is 1.00 bits per heavy atom. The van der Waals surface area contributed by atoms with Crippen LogP contribution < -0.4 is 25.0 Å². The molecule has 2 N–H and O–H groups in total. The molecule has 1 aromatic heterocycles. The molecule has 2 heterocycles. The lowest BCUT2D eigenvalue weighted by Crippen LogP contribution is -2.41. The number of hydrogen-bond acceptors (Lipinski definition) is 7. The van der Waals surface area contributed by atoms with E-state index in [0.29, 0.717) is 42.0 Å². The number of urea groups is 1. The third-order valence-corrected chi connectivity index (χ3v) is 4.84. The summed E-state index contributed by atoms with van der Waals surface area (Å²) in [5, 5.41) is 6.10. The Morgan fingerprint density at radius 2 is 1.74 bits per heavy atom. The van der Waals surface area contributed by atoms with E-state index in [1.54, 1.807) is 49.9 Å². The molecule has 0 aliphatic carbocycles. The van der Waals surface area contributed by atoms with Crippen molar-refractivity contribution in [2.75, 3.05) is 35.3 Å². The van der Waals surface area contributed by atoms with Gasteiger partial charge in [0.2, 0.25) is 0 Å². The van der Waals surface area contributed by atoms with Crippen molar-refractivity contribution >= 4 is 35.0 Å². The van der Waals surface area contributed by atoms with Gasteiger partial charge in [0.05, 0.1) is 6.54 Å². The number of rotatable bonds is 6. The largest absolute Gasteiger partial charge is 0.488 e. The maximum Gasteiger partial charge on any atom is 0.344 e. The van der Waals surface area contributed by atoms with Gasteiger partial charge in [-0.2, -0.15) is 0 Å². The number of fused-ring (bicyclic) bond motifs is 1. The molecule has 2 aromatic carbocycles. The zero-order valence-electron chi connectivity index (χ0n) is 19.9. The summed E-state index contributed by atoms with van der Waals surface area (Å²) < 4.78 is 16.4. The maximum atomic E-state index is 12.9. The molecule has 0 bridgehead atoms. The van der Waals surface area contributed by atoms with Crippen molar-refractivity contribution in [2.45, 2.75) is 26.4 Å². The predicted molar refractivity (Wildman–Crippen MR) is 134 cm³/mol. The third kappa shape index (κ3) is 6.63. The van der Waals surface area contributed by atoms with E-state index < -0.39 is 11.6 Å². The number of carbonyl (C=O) groups excluding carboxylic acids is 2. The molecule has 0 spiro atoms. The van der Waals surface area contributed by atoms with Crippen molar-refractivity contribution in [2.24, 2.45) is 0 Å². The first-order chi connectivity index (χ1) is 16.8.